The zero-order valence-electron chi connectivity index (χ0n) is 11.4. The van der Waals surface area contributed by atoms with Crippen molar-refractivity contribution in [1.29, 1.82) is 0 Å². The van der Waals surface area contributed by atoms with E-state index in [1.165, 1.54) is 32.1 Å². The van der Waals surface area contributed by atoms with Crippen molar-refractivity contribution < 1.29 is 0 Å². The molecule has 90 valence electrons. The molecule has 0 N–H and O–H groups in total. The molecule has 1 fully saturated rings. The zero-order chi connectivity index (χ0) is 11.4. The molecule has 1 aliphatic carbocycles. The van der Waals surface area contributed by atoms with Gasteiger partial charge in [-0.3, -0.25) is 0 Å². The molecule has 5 unspecified atom stereocenters. The highest BCUT2D eigenvalue weighted by Gasteiger charge is 2.49. The smallest absolute Gasteiger partial charge is 0.0326 e. The molecule has 0 aromatic heterocycles. The molecule has 0 bridgehead atoms. The molecule has 0 aliphatic heterocycles. The summed E-state index contributed by atoms with van der Waals surface area (Å²) in [7, 11) is 0. The molecule has 1 saturated carbocycles. The second-order valence-electron chi connectivity index (χ2n) is 5.84. The van der Waals surface area contributed by atoms with Crippen molar-refractivity contribution >= 4 is 0 Å². The van der Waals surface area contributed by atoms with E-state index in [2.05, 4.69) is 34.6 Å². The van der Waals surface area contributed by atoms with Crippen LogP contribution in [0.15, 0.2) is 0 Å². The highest BCUT2D eigenvalue weighted by atomic mass is 14.5. The Balaban J connectivity index is 2.27. The van der Waals surface area contributed by atoms with Gasteiger partial charge < -0.3 is 0 Å². The molecule has 0 saturated heterocycles. The Hall–Kier alpha value is 0. The number of unbranched alkanes of at least 4 members (excludes halogenated alkanes) is 2. The van der Waals surface area contributed by atoms with E-state index < -0.39 is 0 Å². The maximum absolute atomic E-state index is 2.48. The van der Waals surface area contributed by atoms with Gasteiger partial charge >= 0.3 is 0 Å². The van der Waals surface area contributed by atoms with Crippen LogP contribution in [0, 0.1) is 29.6 Å². The van der Waals surface area contributed by atoms with E-state index in [4.69, 9.17) is 0 Å². The lowest BCUT2D eigenvalue weighted by Crippen LogP contribution is -2.10. The molecule has 1 rings (SSSR count). The third-order valence-corrected chi connectivity index (χ3v) is 4.93. The number of hydrogen-bond acceptors (Lipinski definition) is 0. The van der Waals surface area contributed by atoms with Crippen molar-refractivity contribution in [2.75, 3.05) is 0 Å². The number of rotatable bonds is 7. The predicted octanol–water partition coefficient (Wildman–Crippen LogP) is 5.13. The Bertz CT molecular complexity index is 173. The summed E-state index contributed by atoms with van der Waals surface area (Å²) in [6.07, 6.45) is 7.13. The Morgan fingerprint density at radius 1 is 1.07 bits per heavy atom. The van der Waals surface area contributed by atoms with Crippen molar-refractivity contribution in [3.8, 4) is 0 Å². The van der Waals surface area contributed by atoms with Gasteiger partial charge in [-0.05, 0) is 36.0 Å². The van der Waals surface area contributed by atoms with Crippen LogP contribution >= 0.6 is 0 Å². The van der Waals surface area contributed by atoms with Crippen LogP contribution in [-0.2, 0) is 0 Å². The molecule has 1 aliphatic rings. The first-order valence-electron chi connectivity index (χ1n) is 7.13. The summed E-state index contributed by atoms with van der Waals surface area (Å²) in [6.45, 7) is 12.0. The minimum atomic E-state index is 0.925. The molecular weight excluding hydrogens is 180 g/mol. The minimum absolute atomic E-state index is 0.925. The quantitative estimate of drug-likeness (QED) is 0.511. The van der Waals surface area contributed by atoms with Gasteiger partial charge in [0, 0.05) is 0 Å². The standard InChI is InChI=1S/C15H30/c1-6-8-9-10-14-13(5)15(14)12(4)11(3)7-2/h11-15H,6-10H2,1-5H3. The molecule has 0 heterocycles. The average Bonchev–Trinajstić information content (AvgIpc) is 2.87. The first kappa shape index (κ1) is 13.1. The SMILES string of the molecule is CCCCCC1C(C)C1C(C)C(C)CC. The number of hydrogen-bond donors (Lipinski definition) is 0. The van der Waals surface area contributed by atoms with Gasteiger partial charge in [0.05, 0.1) is 0 Å². The first-order chi connectivity index (χ1) is 7.13. The molecular formula is C15H30. The largest absolute Gasteiger partial charge is 0.0654 e. The fourth-order valence-corrected chi connectivity index (χ4v) is 3.28. The van der Waals surface area contributed by atoms with E-state index in [1.54, 1.807) is 0 Å². The molecule has 0 aromatic rings. The van der Waals surface area contributed by atoms with Crippen LogP contribution in [0.25, 0.3) is 0 Å². The van der Waals surface area contributed by atoms with Crippen LogP contribution < -0.4 is 0 Å². The highest BCUT2D eigenvalue weighted by Crippen LogP contribution is 2.55. The molecule has 0 amide bonds. The second kappa shape index (κ2) is 5.92. The zero-order valence-corrected chi connectivity index (χ0v) is 11.4. The Kier molecular flexibility index (Phi) is 5.15. The second-order valence-corrected chi connectivity index (χ2v) is 5.84. The van der Waals surface area contributed by atoms with Crippen LogP contribution in [-0.4, -0.2) is 0 Å². The average molecular weight is 210 g/mol. The van der Waals surface area contributed by atoms with Crippen LogP contribution in [0.2, 0.25) is 0 Å². The summed E-state index contributed by atoms with van der Waals surface area (Å²) in [5.41, 5.74) is 0. The molecule has 0 heteroatoms. The van der Waals surface area contributed by atoms with Crippen molar-refractivity contribution in [2.24, 2.45) is 29.6 Å². The van der Waals surface area contributed by atoms with E-state index in [0.29, 0.717) is 0 Å². The maximum Gasteiger partial charge on any atom is -0.0326 e. The fraction of sp³-hybridized carbons (Fsp3) is 1.00. The fourth-order valence-electron chi connectivity index (χ4n) is 3.28. The predicted molar refractivity (Wildman–Crippen MR) is 68.9 cm³/mol. The third kappa shape index (κ3) is 3.23. The van der Waals surface area contributed by atoms with Crippen LogP contribution in [0.3, 0.4) is 0 Å². The highest BCUT2D eigenvalue weighted by molar-refractivity contribution is 4.97. The lowest BCUT2D eigenvalue weighted by Gasteiger charge is -2.18. The van der Waals surface area contributed by atoms with E-state index >= 15 is 0 Å². The topological polar surface area (TPSA) is 0 Å². The first-order valence-corrected chi connectivity index (χ1v) is 7.13. The Morgan fingerprint density at radius 3 is 2.27 bits per heavy atom. The summed E-state index contributed by atoms with van der Waals surface area (Å²) < 4.78 is 0. The van der Waals surface area contributed by atoms with Crippen molar-refractivity contribution in [3.05, 3.63) is 0 Å². The van der Waals surface area contributed by atoms with Crippen LogP contribution in [0.5, 0.6) is 0 Å². The van der Waals surface area contributed by atoms with Crippen LogP contribution in [0.1, 0.15) is 66.7 Å². The molecule has 0 spiro atoms. The van der Waals surface area contributed by atoms with E-state index in [1.807, 2.05) is 0 Å². The van der Waals surface area contributed by atoms with Gasteiger partial charge in [0.2, 0.25) is 0 Å². The Labute approximate surface area is 96.8 Å². The molecule has 0 radical (unpaired) electrons. The van der Waals surface area contributed by atoms with Gasteiger partial charge in [-0.1, -0.05) is 60.3 Å². The van der Waals surface area contributed by atoms with Crippen molar-refractivity contribution in [1.82, 2.24) is 0 Å². The van der Waals surface area contributed by atoms with Gasteiger partial charge in [-0.15, -0.1) is 0 Å². The van der Waals surface area contributed by atoms with Crippen molar-refractivity contribution in [2.45, 2.75) is 66.7 Å². The van der Waals surface area contributed by atoms with Gasteiger partial charge in [-0.2, -0.15) is 0 Å². The third-order valence-electron chi connectivity index (χ3n) is 4.93. The van der Waals surface area contributed by atoms with Crippen molar-refractivity contribution in [3.63, 3.8) is 0 Å². The summed E-state index contributed by atoms with van der Waals surface area (Å²) in [5.74, 6) is 5.02. The lowest BCUT2D eigenvalue weighted by atomic mass is 9.87. The molecule has 0 aromatic carbocycles. The summed E-state index contributed by atoms with van der Waals surface area (Å²) in [6, 6.07) is 0. The van der Waals surface area contributed by atoms with Gasteiger partial charge in [0.15, 0.2) is 0 Å². The van der Waals surface area contributed by atoms with E-state index in [9.17, 15) is 0 Å². The Morgan fingerprint density at radius 2 is 1.73 bits per heavy atom. The minimum Gasteiger partial charge on any atom is -0.0654 e. The summed E-state index contributed by atoms with van der Waals surface area (Å²) >= 11 is 0. The van der Waals surface area contributed by atoms with E-state index in [-0.39, 0.29) is 0 Å². The van der Waals surface area contributed by atoms with Gasteiger partial charge in [0.1, 0.15) is 0 Å². The normalized spacial score (nSPS) is 33.8. The summed E-state index contributed by atoms with van der Waals surface area (Å²) in [5, 5.41) is 0. The molecule has 15 heavy (non-hydrogen) atoms. The van der Waals surface area contributed by atoms with E-state index in [0.717, 1.165) is 29.6 Å². The molecule has 0 nitrogen and oxygen atoms in total. The van der Waals surface area contributed by atoms with Crippen LogP contribution in [0.4, 0.5) is 0 Å². The van der Waals surface area contributed by atoms with Gasteiger partial charge in [-0.25, -0.2) is 0 Å². The maximum atomic E-state index is 2.48. The lowest BCUT2D eigenvalue weighted by molar-refractivity contribution is 0.313. The van der Waals surface area contributed by atoms with Gasteiger partial charge in [0.25, 0.3) is 0 Å². The summed E-state index contributed by atoms with van der Waals surface area (Å²) in [4.78, 5) is 0. The monoisotopic (exact) mass is 210 g/mol. The molecule has 5 atom stereocenters.